The van der Waals surface area contributed by atoms with E-state index in [0.717, 1.165) is 45.0 Å². The van der Waals surface area contributed by atoms with E-state index in [1.54, 1.807) is 12.1 Å². The van der Waals surface area contributed by atoms with E-state index in [-0.39, 0.29) is 17.7 Å². The highest BCUT2D eigenvalue weighted by Gasteiger charge is 2.36. The van der Waals surface area contributed by atoms with E-state index in [0.29, 0.717) is 34.7 Å². The molecule has 1 saturated heterocycles. The molecule has 0 bridgehead atoms. The molecule has 7 nitrogen and oxygen atoms in total. The maximum absolute atomic E-state index is 13.8. The van der Waals surface area contributed by atoms with Crippen LogP contribution in [0.2, 0.25) is 0 Å². The van der Waals surface area contributed by atoms with Gasteiger partial charge in [0.15, 0.2) is 0 Å². The fraction of sp³-hybridized carbons (Fsp3) is 0.409. The van der Waals surface area contributed by atoms with E-state index >= 15 is 0 Å². The van der Waals surface area contributed by atoms with Crippen molar-refractivity contribution in [3.63, 3.8) is 0 Å². The minimum absolute atomic E-state index is 0.0734. The second-order valence-corrected chi connectivity index (χ2v) is 8.00. The number of alkyl halides is 3. The number of pyridine rings is 1. The number of H-pyrrole nitrogens is 1. The predicted molar refractivity (Wildman–Crippen MR) is 115 cm³/mol. The van der Waals surface area contributed by atoms with Crippen molar-refractivity contribution in [1.29, 1.82) is 0 Å². The summed E-state index contributed by atoms with van der Waals surface area (Å²) in [7, 11) is 0. The van der Waals surface area contributed by atoms with Crippen molar-refractivity contribution in [1.82, 2.24) is 25.3 Å². The number of rotatable bonds is 4. The highest BCUT2D eigenvalue weighted by Crippen LogP contribution is 2.38. The highest BCUT2D eigenvalue weighted by atomic mass is 19.4. The molecule has 2 aliphatic rings. The molecule has 3 aromatic rings. The van der Waals surface area contributed by atoms with Crippen molar-refractivity contribution in [3.8, 4) is 11.3 Å². The number of aromatic amines is 1. The molecule has 0 unspecified atom stereocenters. The highest BCUT2D eigenvalue weighted by molar-refractivity contribution is 5.94. The number of piperidine rings is 1. The Morgan fingerprint density at radius 3 is 2.81 bits per heavy atom. The second-order valence-electron chi connectivity index (χ2n) is 8.00. The van der Waals surface area contributed by atoms with Gasteiger partial charge in [-0.1, -0.05) is 0 Å². The van der Waals surface area contributed by atoms with E-state index < -0.39 is 11.7 Å². The number of ether oxygens (including phenoxy) is 1. The smallest absolute Gasteiger partial charge is 0.419 e. The van der Waals surface area contributed by atoms with Gasteiger partial charge in [0.2, 0.25) is 5.95 Å². The van der Waals surface area contributed by atoms with Gasteiger partial charge in [0, 0.05) is 35.9 Å². The summed E-state index contributed by atoms with van der Waals surface area (Å²) >= 11 is 0. The van der Waals surface area contributed by atoms with E-state index in [1.807, 2.05) is 6.08 Å². The third-order valence-electron chi connectivity index (χ3n) is 5.71. The van der Waals surface area contributed by atoms with Crippen LogP contribution in [-0.2, 0) is 10.9 Å². The minimum atomic E-state index is -4.59. The SMILES string of the molecule is FC(F)(F)c1cnc(N[C@H]2CCCNC2)nc1-c1c[nH]c2nc(C3=CCCCO3)ccc12. The average molecular weight is 444 g/mol. The zero-order chi connectivity index (χ0) is 22.1. The van der Waals surface area contributed by atoms with Gasteiger partial charge >= 0.3 is 6.18 Å². The lowest BCUT2D eigenvalue weighted by atomic mass is 10.1. The number of fused-ring (bicyclic) bond motifs is 1. The number of hydrogen-bond acceptors (Lipinski definition) is 6. The van der Waals surface area contributed by atoms with Crippen LogP contribution < -0.4 is 10.6 Å². The maximum atomic E-state index is 13.8. The third-order valence-corrected chi connectivity index (χ3v) is 5.71. The summed E-state index contributed by atoms with van der Waals surface area (Å²) < 4.78 is 47.0. The van der Waals surface area contributed by atoms with E-state index in [4.69, 9.17) is 4.74 Å². The lowest BCUT2D eigenvalue weighted by Crippen LogP contribution is -2.38. The van der Waals surface area contributed by atoms with E-state index in [9.17, 15) is 13.2 Å². The fourth-order valence-electron chi connectivity index (χ4n) is 4.10. The molecule has 3 aromatic heterocycles. The number of anilines is 1. The van der Waals surface area contributed by atoms with Gasteiger partial charge in [-0.05, 0) is 50.4 Å². The van der Waals surface area contributed by atoms with Crippen molar-refractivity contribution >= 4 is 22.7 Å². The minimum Gasteiger partial charge on any atom is -0.492 e. The Bertz CT molecular complexity index is 1150. The molecule has 0 radical (unpaired) electrons. The molecule has 1 fully saturated rings. The van der Waals surface area contributed by atoms with Crippen LogP contribution in [0.1, 0.15) is 36.9 Å². The molecular weight excluding hydrogens is 421 g/mol. The van der Waals surface area contributed by atoms with Crippen molar-refractivity contribution in [2.24, 2.45) is 0 Å². The lowest BCUT2D eigenvalue weighted by molar-refractivity contribution is -0.137. The van der Waals surface area contributed by atoms with Crippen LogP contribution in [0, 0.1) is 0 Å². The molecule has 168 valence electrons. The lowest BCUT2D eigenvalue weighted by Gasteiger charge is -2.24. The predicted octanol–water partition coefficient (Wildman–Crippen LogP) is 4.35. The molecule has 0 aliphatic carbocycles. The molecule has 3 N–H and O–H groups in total. The topological polar surface area (TPSA) is 87.8 Å². The first kappa shape index (κ1) is 20.7. The standard InChI is InChI=1S/C22H23F3N6O/c23-22(24,25)16-12-28-21(29-13-4-3-8-26-10-13)31-19(16)15-11-27-20-14(15)6-7-17(30-20)18-5-1-2-9-32-18/h5-7,11-13,26H,1-4,8-10H2,(H,27,30)(H,28,29,31)/t13-/m0/s1. The molecule has 0 amide bonds. The van der Waals surface area contributed by atoms with Gasteiger partial charge in [-0.2, -0.15) is 13.2 Å². The summed E-state index contributed by atoms with van der Waals surface area (Å²) in [4.78, 5) is 15.8. The first-order valence-corrected chi connectivity index (χ1v) is 10.7. The van der Waals surface area contributed by atoms with Gasteiger partial charge < -0.3 is 20.4 Å². The second kappa shape index (κ2) is 8.42. The van der Waals surface area contributed by atoms with Crippen LogP contribution in [0.3, 0.4) is 0 Å². The monoisotopic (exact) mass is 444 g/mol. The van der Waals surface area contributed by atoms with Gasteiger partial charge in [0.25, 0.3) is 0 Å². The molecule has 0 aromatic carbocycles. The van der Waals surface area contributed by atoms with Crippen molar-refractivity contribution in [2.45, 2.75) is 37.9 Å². The van der Waals surface area contributed by atoms with Gasteiger partial charge in [-0.25, -0.2) is 15.0 Å². The fourth-order valence-corrected chi connectivity index (χ4v) is 4.10. The van der Waals surface area contributed by atoms with Gasteiger partial charge in [-0.15, -0.1) is 0 Å². The Morgan fingerprint density at radius 2 is 2.06 bits per heavy atom. The summed E-state index contributed by atoms with van der Waals surface area (Å²) in [5.74, 6) is 0.876. The average Bonchev–Trinajstić information content (AvgIpc) is 3.23. The van der Waals surface area contributed by atoms with Gasteiger partial charge in [-0.3, -0.25) is 0 Å². The Hall–Kier alpha value is -3.14. The van der Waals surface area contributed by atoms with E-state index in [1.165, 1.54) is 6.20 Å². The normalized spacial score (nSPS) is 19.5. The molecule has 2 aliphatic heterocycles. The number of hydrogen-bond donors (Lipinski definition) is 3. The molecule has 10 heteroatoms. The number of nitrogens with zero attached hydrogens (tertiary/aromatic N) is 3. The number of allylic oxidation sites excluding steroid dienone is 1. The molecule has 5 heterocycles. The summed E-state index contributed by atoms with van der Waals surface area (Å²) in [5.41, 5.74) is 0.403. The molecule has 1 atom stereocenters. The van der Waals surface area contributed by atoms with Crippen molar-refractivity contribution < 1.29 is 17.9 Å². The first-order valence-electron chi connectivity index (χ1n) is 10.7. The molecule has 0 saturated carbocycles. The maximum Gasteiger partial charge on any atom is 0.419 e. The third kappa shape index (κ3) is 4.14. The number of halogens is 3. The van der Waals surface area contributed by atoms with Crippen LogP contribution in [0.4, 0.5) is 19.1 Å². The molecule has 0 spiro atoms. The molecular formula is C22H23F3N6O. The van der Waals surface area contributed by atoms with Crippen LogP contribution >= 0.6 is 0 Å². The Kier molecular flexibility index (Phi) is 5.46. The Morgan fingerprint density at radius 1 is 1.16 bits per heavy atom. The largest absolute Gasteiger partial charge is 0.492 e. The van der Waals surface area contributed by atoms with Gasteiger partial charge in [0.05, 0.1) is 12.3 Å². The summed E-state index contributed by atoms with van der Waals surface area (Å²) in [6.07, 6.45) is 3.52. The zero-order valence-corrected chi connectivity index (χ0v) is 17.3. The summed E-state index contributed by atoms with van der Waals surface area (Å²) in [6.45, 7) is 2.28. The summed E-state index contributed by atoms with van der Waals surface area (Å²) in [6, 6.07) is 3.59. The van der Waals surface area contributed by atoms with Crippen LogP contribution in [0.5, 0.6) is 0 Å². The van der Waals surface area contributed by atoms with Crippen molar-refractivity contribution in [2.75, 3.05) is 25.0 Å². The summed E-state index contributed by atoms with van der Waals surface area (Å²) in [5, 5.41) is 6.98. The number of aromatic nitrogens is 4. The molecule has 32 heavy (non-hydrogen) atoms. The van der Waals surface area contributed by atoms with Crippen LogP contribution in [0.15, 0.2) is 30.6 Å². The van der Waals surface area contributed by atoms with Crippen LogP contribution in [0.25, 0.3) is 28.0 Å². The van der Waals surface area contributed by atoms with Gasteiger partial charge in [0.1, 0.15) is 22.7 Å². The first-order chi connectivity index (χ1) is 15.5. The zero-order valence-electron chi connectivity index (χ0n) is 17.3. The van der Waals surface area contributed by atoms with E-state index in [2.05, 4.69) is 30.6 Å². The Labute approximate surface area is 182 Å². The van der Waals surface area contributed by atoms with Crippen molar-refractivity contribution in [3.05, 3.63) is 41.9 Å². The number of nitrogens with one attached hydrogen (secondary N) is 3. The Balaban J connectivity index is 1.54. The quantitative estimate of drug-likeness (QED) is 0.555. The van der Waals surface area contributed by atoms with Crippen LogP contribution in [-0.4, -0.2) is 45.7 Å². The molecule has 5 rings (SSSR count).